The second-order valence-corrected chi connectivity index (χ2v) is 8.22. The highest BCUT2D eigenvalue weighted by atomic mass is 16.6. The maximum absolute atomic E-state index is 12.0. The third kappa shape index (κ3) is 7.38. The van der Waals surface area contributed by atoms with Crippen LogP contribution in [0, 0.1) is 0 Å². The average molecular weight is 392 g/mol. The summed E-state index contributed by atoms with van der Waals surface area (Å²) in [6.07, 6.45) is 2.10. The van der Waals surface area contributed by atoms with Crippen molar-refractivity contribution >= 4 is 12.2 Å². The van der Waals surface area contributed by atoms with Crippen molar-refractivity contribution < 1.29 is 23.8 Å². The van der Waals surface area contributed by atoms with Crippen molar-refractivity contribution in [2.75, 3.05) is 13.7 Å². The summed E-state index contributed by atoms with van der Waals surface area (Å²) in [5, 5.41) is 5.71. The Balaban J connectivity index is 1.73. The van der Waals surface area contributed by atoms with Gasteiger partial charge in [0, 0.05) is 19.7 Å². The largest absolute Gasteiger partial charge is 0.445 e. The van der Waals surface area contributed by atoms with E-state index in [1.54, 1.807) is 7.11 Å². The summed E-state index contributed by atoms with van der Waals surface area (Å²) in [5.41, 5.74) is -0.0236. The lowest BCUT2D eigenvalue weighted by Crippen LogP contribution is -2.50. The molecule has 2 amide bonds. The Hall–Kier alpha value is -2.28. The Labute approximate surface area is 167 Å². The van der Waals surface area contributed by atoms with Gasteiger partial charge in [0.1, 0.15) is 12.2 Å². The second-order valence-electron chi connectivity index (χ2n) is 8.22. The molecule has 0 atom stereocenters. The Kier molecular flexibility index (Phi) is 7.69. The highest BCUT2D eigenvalue weighted by Gasteiger charge is 2.36. The van der Waals surface area contributed by atoms with Crippen LogP contribution in [0.3, 0.4) is 0 Å². The summed E-state index contributed by atoms with van der Waals surface area (Å²) in [6, 6.07) is 9.58. The van der Waals surface area contributed by atoms with Gasteiger partial charge in [-0.3, -0.25) is 0 Å². The maximum Gasteiger partial charge on any atom is 0.407 e. The molecule has 0 unspecified atom stereocenters. The molecule has 0 heterocycles. The maximum atomic E-state index is 12.0. The van der Waals surface area contributed by atoms with Crippen LogP contribution in [0.1, 0.15) is 52.0 Å². The SMILES string of the molecule is COC1(CNC(=O)OCc2ccccc2)CCC(NC(=O)OC(C)(C)C)CC1. The molecule has 0 spiro atoms. The number of nitrogens with one attached hydrogen (secondary N) is 2. The number of benzene rings is 1. The molecule has 0 radical (unpaired) electrons. The van der Waals surface area contributed by atoms with Gasteiger partial charge in [0.15, 0.2) is 0 Å². The first-order chi connectivity index (χ1) is 13.2. The third-order valence-electron chi connectivity index (χ3n) is 4.82. The van der Waals surface area contributed by atoms with Crippen LogP contribution in [-0.4, -0.2) is 43.1 Å². The molecule has 0 bridgehead atoms. The second kappa shape index (κ2) is 9.78. The van der Waals surface area contributed by atoms with Crippen molar-refractivity contribution in [3.05, 3.63) is 35.9 Å². The van der Waals surface area contributed by atoms with Crippen LogP contribution < -0.4 is 10.6 Å². The quantitative estimate of drug-likeness (QED) is 0.770. The number of rotatable bonds is 6. The van der Waals surface area contributed by atoms with Crippen LogP contribution in [0.15, 0.2) is 30.3 Å². The van der Waals surface area contributed by atoms with E-state index in [-0.39, 0.29) is 12.6 Å². The van der Waals surface area contributed by atoms with Gasteiger partial charge in [-0.2, -0.15) is 0 Å². The van der Waals surface area contributed by atoms with E-state index in [4.69, 9.17) is 14.2 Å². The van der Waals surface area contributed by atoms with E-state index < -0.39 is 23.4 Å². The molecule has 2 rings (SSSR count). The molecule has 28 heavy (non-hydrogen) atoms. The molecule has 2 N–H and O–H groups in total. The molecule has 1 aromatic rings. The summed E-state index contributed by atoms with van der Waals surface area (Å²) >= 11 is 0. The van der Waals surface area contributed by atoms with Crippen molar-refractivity contribution in [1.29, 1.82) is 0 Å². The minimum absolute atomic E-state index is 0.0446. The fourth-order valence-corrected chi connectivity index (χ4v) is 3.22. The number of hydrogen-bond donors (Lipinski definition) is 2. The van der Waals surface area contributed by atoms with E-state index in [0.717, 1.165) is 31.2 Å². The van der Waals surface area contributed by atoms with Crippen LogP contribution >= 0.6 is 0 Å². The highest BCUT2D eigenvalue weighted by Crippen LogP contribution is 2.31. The molecule has 7 heteroatoms. The lowest BCUT2D eigenvalue weighted by atomic mass is 9.82. The summed E-state index contributed by atoms with van der Waals surface area (Å²) in [6.45, 7) is 6.12. The van der Waals surface area contributed by atoms with Crippen LogP contribution in [0.5, 0.6) is 0 Å². The van der Waals surface area contributed by atoms with Crippen LogP contribution in [0.2, 0.25) is 0 Å². The predicted octanol–water partition coefficient (Wildman–Crippen LogP) is 3.77. The zero-order valence-corrected chi connectivity index (χ0v) is 17.2. The van der Waals surface area contributed by atoms with Gasteiger partial charge in [0.05, 0.1) is 5.60 Å². The molecular weight excluding hydrogens is 360 g/mol. The zero-order valence-electron chi connectivity index (χ0n) is 17.2. The van der Waals surface area contributed by atoms with Gasteiger partial charge < -0.3 is 24.8 Å². The minimum atomic E-state index is -0.515. The van der Waals surface area contributed by atoms with E-state index in [1.165, 1.54) is 0 Å². The number of methoxy groups -OCH3 is 1. The summed E-state index contributed by atoms with van der Waals surface area (Å²) < 4.78 is 16.3. The van der Waals surface area contributed by atoms with Gasteiger partial charge >= 0.3 is 12.2 Å². The average Bonchev–Trinajstić information content (AvgIpc) is 2.65. The first kappa shape index (κ1) is 22.0. The fourth-order valence-electron chi connectivity index (χ4n) is 3.22. The van der Waals surface area contributed by atoms with Crippen molar-refractivity contribution in [3.63, 3.8) is 0 Å². The van der Waals surface area contributed by atoms with Crippen LogP contribution in [0.25, 0.3) is 0 Å². The predicted molar refractivity (Wildman–Crippen MR) is 106 cm³/mol. The smallest absolute Gasteiger partial charge is 0.407 e. The molecule has 0 saturated heterocycles. The molecule has 7 nitrogen and oxygen atoms in total. The van der Waals surface area contributed by atoms with Gasteiger partial charge in [0.25, 0.3) is 0 Å². The minimum Gasteiger partial charge on any atom is -0.445 e. The summed E-state index contributed by atoms with van der Waals surface area (Å²) in [5.74, 6) is 0. The molecule has 0 aromatic heterocycles. The monoisotopic (exact) mass is 392 g/mol. The first-order valence-corrected chi connectivity index (χ1v) is 9.71. The third-order valence-corrected chi connectivity index (χ3v) is 4.82. The molecule has 1 aliphatic rings. The standard InChI is InChI=1S/C21H32N2O5/c1-20(2,3)28-19(25)23-17-10-12-21(26-4,13-11-17)15-22-18(24)27-14-16-8-6-5-7-9-16/h5-9,17H,10-15H2,1-4H3,(H,22,24)(H,23,25). The molecule has 1 aliphatic carbocycles. The van der Waals surface area contributed by atoms with E-state index in [2.05, 4.69) is 10.6 Å². The van der Waals surface area contributed by atoms with Gasteiger partial charge in [-0.15, -0.1) is 0 Å². The van der Waals surface area contributed by atoms with E-state index in [9.17, 15) is 9.59 Å². The normalized spacial score (nSPS) is 22.2. The Morgan fingerprint density at radius 3 is 2.32 bits per heavy atom. The number of carbonyl (C=O) groups excluding carboxylic acids is 2. The topological polar surface area (TPSA) is 85.9 Å². The number of hydrogen-bond acceptors (Lipinski definition) is 5. The van der Waals surface area contributed by atoms with E-state index in [0.29, 0.717) is 6.54 Å². The van der Waals surface area contributed by atoms with Crippen molar-refractivity contribution in [2.45, 2.75) is 70.3 Å². The summed E-state index contributed by atoms with van der Waals surface area (Å²) in [7, 11) is 1.65. The van der Waals surface area contributed by atoms with Crippen LogP contribution in [0.4, 0.5) is 9.59 Å². The Morgan fingerprint density at radius 1 is 1.11 bits per heavy atom. The summed E-state index contributed by atoms with van der Waals surface area (Å²) in [4.78, 5) is 23.9. The van der Waals surface area contributed by atoms with Crippen molar-refractivity contribution in [1.82, 2.24) is 10.6 Å². The van der Waals surface area contributed by atoms with Gasteiger partial charge in [-0.25, -0.2) is 9.59 Å². The van der Waals surface area contributed by atoms with Gasteiger partial charge in [-0.05, 0) is 52.0 Å². The lowest BCUT2D eigenvalue weighted by Gasteiger charge is -2.39. The lowest BCUT2D eigenvalue weighted by molar-refractivity contribution is -0.0433. The number of carbonyl (C=O) groups is 2. The van der Waals surface area contributed by atoms with Crippen molar-refractivity contribution in [3.8, 4) is 0 Å². The molecular formula is C21H32N2O5. The fraction of sp³-hybridized carbons (Fsp3) is 0.619. The number of amides is 2. The number of ether oxygens (including phenoxy) is 3. The van der Waals surface area contributed by atoms with E-state index in [1.807, 2.05) is 51.1 Å². The molecule has 156 valence electrons. The van der Waals surface area contributed by atoms with Crippen molar-refractivity contribution in [2.24, 2.45) is 0 Å². The highest BCUT2D eigenvalue weighted by molar-refractivity contribution is 5.68. The first-order valence-electron chi connectivity index (χ1n) is 9.71. The Bertz CT molecular complexity index is 634. The molecule has 1 fully saturated rings. The molecule has 1 aromatic carbocycles. The zero-order chi connectivity index (χ0) is 20.6. The van der Waals surface area contributed by atoms with E-state index >= 15 is 0 Å². The van der Waals surface area contributed by atoms with Gasteiger partial charge in [0.2, 0.25) is 0 Å². The van der Waals surface area contributed by atoms with Gasteiger partial charge in [-0.1, -0.05) is 30.3 Å². The number of alkyl carbamates (subject to hydrolysis) is 2. The Morgan fingerprint density at radius 2 is 1.75 bits per heavy atom. The molecule has 1 saturated carbocycles. The molecule has 0 aliphatic heterocycles. The van der Waals surface area contributed by atoms with Crippen LogP contribution in [-0.2, 0) is 20.8 Å².